The number of benzene rings is 2. The van der Waals surface area contributed by atoms with Crippen molar-refractivity contribution in [3.8, 4) is 16.9 Å². The van der Waals surface area contributed by atoms with Crippen LogP contribution in [0.4, 0.5) is 0 Å². The molecule has 0 unspecified atom stereocenters. The van der Waals surface area contributed by atoms with Gasteiger partial charge in [-0.15, -0.1) is 0 Å². The van der Waals surface area contributed by atoms with Gasteiger partial charge in [-0.1, -0.05) is 30.3 Å². The van der Waals surface area contributed by atoms with Crippen LogP contribution < -0.4 is 4.74 Å². The van der Waals surface area contributed by atoms with Crippen LogP contribution >= 0.6 is 0 Å². The summed E-state index contributed by atoms with van der Waals surface area (Å²) >= 11 is 0. The first kappa shape index (κ1) is 13.1. The van der Waals surface area contributed by atoms with Crippen molar-refractivity contribution >= 4 is 16.9 Å². The Kier molecular flexibility index (Phi) is 3.28. The molecule has 0 aliphatic heterocycles. The van der Waals surface area contributed by atoms with Crippen LogP contribution in [0.25, 0.3) is 22.0 Å². The van der Waals surface area contributed by atoms with Crippen LogP contribution in [0.2, 0.25) is 0 Å². The quantitative estimate of drug-likeness (QED) is 0.795. The first-order valence-corrected chi connectivity index (χ1v) is 6.47. The Bertz CT molecular complexity index is 813. The minimum Gasteiger partial charge on any atom is -0.494 e. The van der Waals surface area contributed by atoms with Crippen LogP contribution in [-0.4, -0.2) is 23.2 Å². The lowest BCUT2D eigenvalue weighted by molar-refractivity contribution is 0.0691. The number of rotatable bonds is 3. The van der Waals surface area contributed by atoms with Crippen molar-refractivity contribution in [2.45, 2.75) is 0 Å². The standard InChI is InChI=1S/C17H13NO3/c1-21-15-10-8-12(11-5-3-2-4-6-11)13-7-9-14(17(19)20)18-16(13)15/h2-10H,1H3,(H,19,20). The Hall–Kier alpha value is -2.88. The van der Waals surface area contributed by atoms with E-state index in [1.807, 2.05) is 42.5 Å². The summed E-state index contributed by atoms with van der Waals surface area (Å²) in [5, 5.41) is 9.96. The van der Waals surface area contributed by atoms with Crippen molar-refractivity contribution in [1.82, 2.24) is 4.98 Å². The average Bonchev–Trinajstić information content (AvgIpc) is 2.54. The second-order valence-corrected chi connectivity index (χ2v) is 4.58. The molecular formula is C17H13NO3. The lowest BCUT2D eigenvalue weighted by Crippen LogP contribution is -2.01. The van der Waals surface area contributed by atoms with Crippen LogP contribution in [-0.2, 0) is 0 Å². The Balaban J connectivity index is 2.31. The van der Waals surface area contributed by atoms with Crippen molar-refractivity contribution in [2.75, 3.05) is 7.11 Å². The molecule has 0 bridgehead atoms. The molecule has 4 nitrogen and oxygen atoms in total. The molecule has 0 saturated heterocycles. The molecule has 0 fully saturated rings. The highest BCUT2D eigenvalue weighted by molar-refractivity contribution is 6.00. The van der Waals surface area contributed by atoms with Crippen molar-refractivity contribution < 1.29 is 14.6 Å². The Morgan fingerprint density at radius 1 is 1.05 bits per heavy atom. The van der Waals surface area contributed by atoms with Gasteiger partial charge < -0.3 is 9.84 Å². The molecule has 4 heteroatoms. The third-order valence-corrected chi connectivity index (χ3v) is 3.34. The van der Waals surface area contributed by atoms with Gasteiger partial charge in [0, 0.05) is 5.39 Å². The third-order valence-electron chi connectivity index (χ3n) is 3.34. The zero-order valence-electron chi connectivity index (χ0n) is 11.4. The zero-order valence-corrected chi connectivity index (χ0v) is 11.4. The van der Waals surface area contributed by atoms with E-state index in [4.69, 9.17) is 9.84 Å². The second kappa shape index (κ2) is 5.25. The van der Waals surface area contributed by atoms with E-state index in [2.05, 4.69) is 4.98 Å². The maximum absolute atomic E-state index is 11.1. The number of carbonyl (C=O) groups is 1. The van der Waals surface area contributed by atoms with Gasteiger partial charge in [0.15, 0.2) is 0 Å². The number of nitrogens with zero attached hydrogens (tertiary/aromatic N) is 1. The molecule has 0 spiro atoms. The molecule has 1 aromatic heterocycles. The van der Waals surface area contributed by atoms with Crippen LogP contribution in [0, 0.1) is 0 Å². The summed E-state index contributed by atoms with van der Waals surface area (Å²) in [6.45, 7) is 0. The molecule has 0 radical (unpaired) electrons. The predicted molar refractivity (Wildman–Crippen MR) is 80.7 cm³/mol. The Morgan fingerprint density at radius 3 is 2.48 bits per heavy atom. The van der Waals surface area contributed by atoms with Crippen molar-refractivity contribution in [2.24, 2.45) is 0 Å². The molecule has 3 aromatic rings. The second-order valence-electron chi connectivity index (χ2n) is 4.58. The summed E-state index contributed by atoms with van der Waals surface area (Å²) in [6.07, 6.45) is 0. The minimum absolute atomic E-state index is 0.00557. The summed E-state index contributed by atoms with van der Waals surface area (Å²) in [7, 11) is 1.55. The van der Waals surface area contributed by atoms with Crippen LogP contribution in [0.5, 0.6) is 5.75 Å². The number of hydrogen-bond donors (Lipinski definition) is 1. The van der Waals surface area contributed by atoms with Crippen molar-refractivity contribution in [3.05, 3.63) is 60.3 Å². The smallest absolute Gasteiger partial charge is 0.354 e. The zero-order chi connectivity index (χ0) is 14.8. The summed E-state index contributed by atoms with van der Waals surface area (Å²) in [6, 6.07) is 16.9. The van der Waals surface area contributed by atoms with Gasteiger partial charge in [0.25, 0.3) is 0 Å². The van der Waals surface area contributed by atoms with Crippen molar-refractivity contribution in [1.29, 1.82) is 0 Å². The maximum Gasteiger partial charge on any atom is 0.354 e. The largest absolute Gasteiger partial charge is 0.494 e. The van der Waals surface area contributed by atoms with E-state index in [0.717, 1.165) is 16.5 Å². The molecule has 0 aliphatic rings. The van der Waals surface area contributed by atoms with Gasteiger partial charge in [0.05, 0.1) is 7.11 Å². The summed E-state index contributed by atoms with van der Waals surface area (Å²) in [4.78, 5) is 15.3. The fraction of sp³-hybridized carbons (Fsp3) is 0.0588. The number of carboxylic acids is 1. The van der Waals surface area contributed by atoms with Gasteiger partial charge in [-0.25, -0.2) is 9.78 Å². The van der Waals surface area contributed by atoms with Gasteiger partial charge in [-0.3, -0.25) is 0 Å². The number of methoxy groups -OCH3 is 1. The number of ether oxygens (including phenoxy) is 1. The van der Waals surface area contributed by atoms with Gasteiger partial charge in [-0.05, 0) is 35.4 Å². The summed E-state index contributed by atoms with van der Waals surface area (Å²) in [5.41, 5.74) is 2.61. The fourth-order valence-corrected chi connectivity index (χ4v) is 2.35. The number of aromatic carboxylic acids is 1. The fourth-order valence-electron chi connectivity index (χ4n) is 2.35. The van der Waals surface area contributed by atoms with Gasteiger partial charge in [-0.2, -0.15) is 0 Å². The molecule has 0 amide bonds. The molecule has 3 rings (SSSR count). The van der Waals surface area contributed by atoms with Crippen LogP contribution in [0.3, 0.4) is 0 Å². The number of carboxylic acid groups (broad SMARTS) is 1. The molecule has 1 N–H and O–H groups in total. The molecule has 21 heavy (non-hydrogen) atoms. The normalized spacial score (nSPS) is 10.5. The highest BCUT2D eigenvalue weighted by atomic mass is 16.5. The lowest BCUT2D eigenvalue weighted by Gasteiger charge is -2.10. The first-order valence-electron chi connectivity index (χ1n) is 6.47. The Morgan fingerprint density at radius 2 is 1.81 bits per heavy atom. The maximum atomic E-state index is 11.1. The average molecular weight is 279 g/mol. The molecule has 104 valence electrons. The molecule has 0 saturated carbocycles. The summed E-state index contributed by atoms with van der Waals surface area (Å²) in [5.74, 6) is -0.489. The van der Waals surface area contributed by atoms with Crippen molar-refractivity contribution in [3.63, 3.8) is 0 Å². The van der Waals surface area contributed by atoms with Gasteiger partial charge >= 0.3 is 5.97 Å². The lowest BCUT2D eigenvalue weighted by atomic mass is 10.00. The SMILES string of the molecule is COc1ccc(-c2ccccc2)c2ccc(C(=O)O)nc12. The highest BCUT2D eigenvalue weighted by Gasteiger charge is 2.12. The van der Waals surface area contributed by atoms with E-state index in [9.17, 15) is 4.79 Å². The molecule has 0 aliphatic carbocycles. The monoisotopic (exact) mass is 279 g/mol. The highest BCUT2D eigenvalue weighted by Crippen LogP contribution is 2.33. The van der Waals surface area contributed by atoms with E-state index in [1.54, 1.807) is 13.2 Å². The van der Waals surface area contributed by atoms with E-state index in [-0.39, 0.29) is 5.69 Å². The van der Waals surface area contributed by atoms with E-state index >= 15 is 0 Å². The van der Waals surface area contributed by atoms with Gasteiger partial charge in [0.1, 0.15) is 17.0 Å². The van der Waals surface area contributed by atoms with Gasteiger partial charge in [0.2, 0.25) is 0 Å². The van der Waals surface area contributed by atoms with E-state index < -0.39 is 5.97 Å². The first-order chi connectivity index (χ1) is 10.2. The molecule has 2 aromatic carbocycles. The van der Waals surface area contributed by atoms with Crippen LogP contribution in [0.1, 0.15) is 10.5 Å². The number of fused-ring (bicyclic) bond motifs is 1. The molecule has 1 heterocycles. The number of hydrogen-bond acceptors (Lipinski definition) is 3. The number of pyridine rings is 1. The number of aromatic nitrogens is 1. The topological polar surface area (TPSA) is 59.4 Å². The Labute approximate surface area is 121 Å². The predicted octanol–water partition coefficient (Wildman–Crippen LogP) is 3.61. The summed E-state index contributed by atoms with van der Waals surface area (Å²) < 4.78 is 5.30. The van der Waals surface area contributed by atoms with Crippen LogP contribution in [0.15, 0.2) is 54.6 Å². The molecular weight excluding hydrogens is 266 g/mol. The molecule has 0 atom stereocenters. The third kappa shape index (κ3) is 2.31. The van der Waals surface area contributed by atoms with E-state index in [1.165, 1.54) is 6.07 Å². The minimum atomic E-state index is -1.05. The van der Waals surface area contributed by atoms with E-state index in [0.29, 0.717) is 11.3 Å².